The molecule has 1 aromatic rings. The first-order valence-electron chi connectivity index (χ1n) is 7.22. The number of amides is 1. The van der Waals surface area contributed by atoms with Crippen LogP contribution in [0.3, 0.4) is 0 Å². The molecule has 116 valence electrons. The Kier molecular flexibility index (Phi) is 7.72. The second-order valence-corrected chi connectivity index (χ2v) is 5.04. The average Bonchev–Trinajstić information content (AvgIpc) is 2.49. The number of hydrogen-bond acceptors (Lipinski definition) is 3. The lowest BCUT2D eigenvalue weighted by Crippen LogP contribution is -2.22. The van der Waals surface area contributed by atoms with Gasteiger partial charge in [-0.05, 0) is 24.5 Å². The Morgan fingerprint density at radius 1 is 1.29 bits per heavy atom. The predicted octanol–water partition coefficient (Wildman–Crippen LogP) is 3.17. The van der Waals surface area contributed by atoms with Gasteiger partial charge in [0, 0.05) is 19.2 Å². The second kappa shape index (κ2) is 9.32. The Morgan fingerprint density at radius 2 is 1.90 bits per heavy atom. The van der Waals surface area contributed by atoms with E-state index in [1.807, 2.05) is 24.3 Å². The van der Waals surface area contributed by atoms with E-state index in [0.29, 0.717) is 18.7 Å². The van der Waals surface area contributed by atoms with E-state index in [0.717, 1.165) is 24.0 Å². The van der Waals surface area contributed by atoms with Crippen LogP contribution in [0, 0.1) is 0 Å². The highest BCUT2D eigenvalue weighted by Gasteiger charge is 2.06. The normalized spacial score (nSPS) is 12.0. The number of hydrogen-bond donors (Lipinski definition) is 1. The number of ether oxygens (including phenoxy) is 2. The van der Waals surface area contributed by atoms with Gasteiger partial charge in [0.1, 0.15) is 0 Å². The molecule has 1 aromatic carbocycles. The summed E-state index contributed by atoms with van der Waals surface area (Å²) < 4.78 is 10.9. The number of methoxy groups -OCH3 is 1. The van der Waals surface area contributed by atoms with Gasteiger partial charge >= 0.3 is 0 Å². The molecular formula is C17H25NO3. The van der Waals surface area contributed by atoms with Crippen molar-refractivity contribution in [1.82, 2.24) is 5.32 Å². The molecule has 4 nitrogen and oxygen atoms in total. The largest absolute Gasteiger partial charge is 0.356 e. The molecule has 0 aliphatic carbocycles. The first-order chi connectivity index (χ1) is 10.1. The molecule has 0 aliphatic heterocycles. The molecule has 0 saturated heterocycles. The third-order valence-electron chi connectivity index (χ3n) is 3.09. The molecule has 1 amide bonds. The average molecular weight is 291 g/mol. The van der Waals surface area contributed by atoms with Gasteiger partial charge in [-0.25, -0.2) is 0 Å². The minimum atomic E-state index is -0.149. The molecule has 0 aromatic heterocycles. The molecule has 0 saturated carbocycles. The third kappa shape index (κ3) is 6.56. The maximum Gasteiger partial charge on any atom is 0.246 e. The predicted molar refractivity (Wildman–Crippen MR) is 83.6 cm³/mol. The van der Waals surface area contributed by atoms with Crippen LogP contribution in [0.4, 0.5) is 0 Å². The van der Waals surface area contributed by atoms with Crippen molar-refractivity contribution in [3.63, 3.8) is 0 Å². The first-order valence-corrected chi connectivity index (χ1v) is 7.22. The Labute approximate surface area is 127 Å². The fourth-order valence-electron chi connectivity index (χ4n) is 1.78. The summed E-state index contributed by atoms with van der Waals surface area (Å²) in [5.41, 5.74) is 2.65. The zero-order chi connectivity index (χ0) is 15.7. The number of benzene rings is 1. The summed E-state index contributed by atoms with van der Waals surface area (Å²) in [5.74, 6) is -0.120. The molecule has 0 aliphatic rings. The lowest BCUT2D eigenvalue weighted by atomic mass is 10.1. The van der Waals surface area contributed by atoms with E-state index in [2.05, 4.69) is 18.8 Å². The van der Waals surface area contributed by atoms with Gasteiger partial charge in [-0.15, -0.1) is 0 Å². The van der Waals surface area contributed by atoms with E-state index in [1.165, 1.54) is 0 Å². The lowest BCUT2D eigenvalue weighted by Gasteiger charge is -2.15. The summed E-state index contributed by atoms with van der Waals surface area (Å²) in [4.78, 5) is 11.4. The van der Waals surface area contributed by atoms with Crippen LogP contribution in [0.5, 0.6) is 0 Å². The maximum atomic E-state index is 11.4. The molecule has 0 spiro atoms. The van der Waals surface area contributed by atoms with Crippen LogP contribution in [0.2, 0.25) is 0 Å². The molecule has 0 fully saturated rings. The smallest absolute Gasteiger partial charge is 0.246 e. The van der Waals surface area contributed by atoms with Crippen LogP contribution >= 0.6 is 0 Å². The third-order valence-corrected chi connectivity index (χ3v) is 3.09. The van der Waals surface area contributed by atoms with Crippen molar-refractivity contribution >= 4 is 5.91 Å². The van der Waals surface area contributed by atoms with Gasteiger partial charge < -0.3 is 14.8 Å². The summed E-state index contributed by atoms with van der Waals surface area (Å²) in [6, 6.07) is 7.97. The summed E-state index contributed by atoms with van der Waals surface area (Å²) in [6.07, 6.45) is 1.77. The van der Waals surface area contributed by atoms with Crippen molar-refractivity contribution in [2.75, 3.05) is 7.11 Å². The minimum absolute atomic E-state index is 0.120. The van der Waals surface area contributed by atoms with E-state index in [1.54, 1.807) is 14.0 Å². The van der Waals surface area contributed by atoms with Crippen molar-refractivity contribution in [2.24, 2.45) is 0 Å². The van der Waals surface area contributed by atoms with Gasteiger partial charge in [0.05, 0.1) is 6.61 Å². The van der Waals surface area contributed by atoms with Crippen molar-refractivity contribution in [3.05, 3.63) is 47.5 Å². The molecule has 1 unspecified atom stereocenters. The van der Waals surface area contributed by atoms with Crippen molar-refractivity contribution in [1.29, 1.82) is 0 Å². The monoisotopic (exact) mass is 291 g/mol. The van der Waals surface area contributed by atoms with E-state index < -0.39 is 0 Å². The molecule has 0 heterocycles. The molecule has 1 atom stereocenters. The molecule has 1 rings (SSSR count). The Balaban J connectivity index is 2.43. The summed E-state index contributed by atoms with van der Waals surface area (Å²) >= 11 is 0. The quantitative estimate of drug-likeness (QED) is 0.561. The summed E-state index contributed by atoms with van der Waals surface area (Å²) in [5, 5.41) is 2.80. The molecule has 0 radical (unpaired) electrons. The van der Waals surface area contributed by atoms with Crippen LogP contribution in [-0.2, 0) is 27.4 Å². The summed E-state index contributed by atoms with van der Waals surface area (Å²) in [6.45, 7) is 8.43. The van der Waals surface area contributed by atoms with Crippen molar-refractivity contribution in [3.8, 4) is 0 Å². The SMILES string of the molecule is C=C(C)C(=O)NCc1ccc(COC(CCC)OC)cc1. The zero-order valence-electron chi connectivity index (χ0n) is 13.1. The topological polar surface area (TPSA) is 47.6 Å². The van der Waals surface area contributed by atoms with E-state index in [-0.39, 0.29) is 12.2 Å². The van der Waals surface area contributed by atoms with E-state index >= 15 is 0 Å². The standard InChI is InChI=1S/C17H25NO3/c1-5-6-16(20-4)21-12-15-9-7-14(8-10-15)11-18-17(19)13(2)3/h7-10,16H,2,5-6,11-12H2,1,3-4H3,(H,18,19). The van der Waals surface area contributed by atoms with Gasteiger partial charge in [0.2, 0.25) is 5.91 Å². The van der Waals surface area contributed by atoms with Crippen molar-refractivity contribution in [2.45, 2.75) is 46.1 Å². The number of carbonyl (C=O) groups excluding carboxylic acids is 1. The van der Waals surface area contributed by atoms with E-state index in [9.17, 15) is 4.79 Å². The lowest BCUT2D eigenvalue weighted by molar-refractivity contribution is -0.135. The number of rotatable bonds is 9. The van der Waals surface area contributed by atoms with Gasteiger partial charge in [-0.1, -0.05) is 44.2 Å². The highest BCUT2D eigenvalue weighted by Crippen LogP contribution is 2.10. The minimum Gasteiger partial charge on any atom is -0.356 e. The molecule has 4 heteroatoms. The van der Waals surface area contributed by atoms with Gasteiger partial charge in [0.15, 0.2) is 6.29 Å². The number of nitrogens with one attached hydrogen (secondary N) is 1. The molecule has 1 N–H and O–H groups in total. The molecular weight excluding hydrogens is 266 g/mol. The highest BCUT2D eigenvalue weighted by molar-refractivity contribution is 5.91. The maximum absolute atomic E-state index is 11.4. The zero-order valence-corrected chi connectivity index (χ0v) is 13.1. The second-order valence-electron chi connectivity index (χ2n) is 5.04. The number of carbonyl (C=O) groups is 1. The Hall–Kier alpha value is -1.65. The highest BCUT2D eigenvalue weighted by atomic mass is 16.7. The fraction of sp³-hybridized carbons (Fsp3) is 0.471. The van der Waals surface area contributed by atoms with Crippen LogP contribution in [0.25, 0.3) is 0 Å². The molecule has 0 bridgehead atoms. The van der Waals surface area contributed by atoms with Gasteiger partial charge in [-0.3, -0.25) is 4.79 Å². The van der Waals surface area contributed by atoms with Crippen LogP contribution in [0.15, 0.2) is 36.4 Å². The van der Waals surface area contributed by atoms with Crippen LogP contribution in [-0.4, -0.2) is 19.3 Å². The summed E-state index contributed by atoms with van der Waals surface area (Å²) in [7, 11) is 1.66. The Bertz CT molecular complexity index is 454. The van der Waals surface area contributed by atoms with Crippen LogP contribution in [0.1, 0.15) is 37.8 Å². The van der Waals surface area contributed by atoms with Gasteiger partial charge in [-0.2, -0.15) is 0 Å². The van der Waals surface area contributed by atoms with Gasteiger partial charge in [0.25, 0.3) is 0 Å². The Morgan fingerprint density at radius 3 is 2.43 bits per heavy atom. The van der Waals surface area contributed by atoms with Crippen LogP contribution < -0.4 is 5.32 Å². The first kappa shape index (κ1) is 17.4. The molecule has 21 heavy (non-hydrogen) atoms. The van der Waals surface area contributed by atoms with E-state index in [4.69, 9.17) is 9.47 Å². The fourth-order valence-corrected chi connectivity index (χ4v) is 1.78. The van der Waals surface area contributed by atoms with Crippen molar-refractivity contribution < 1.29 is 14.3 Å².